The Bertz CT molecular complexity index is 621. The zero-order valence-corrected chi connectivity index (χ0v) is 12.0. The van der Waals surface area contributed by atoms with Gasteiger partial charge in [0, 0.05) is 17.4 Å². The van der Waals surface area contributed by atoms with Gasteiger partial charge in [-0.1, -0.05) is 11.6 Å². The molecule has 1 aromatic rings. The molecule has 0 radical (unpaired) electrons. The van der Waals surface area contributed by atoms with Crippen LogP contribution in [-0.2, 0) is 14.3 Å². The van der Waals surface area contributed by atoms with Crippen LogP contribution in [0.4, 0.5) is 0 Å². The maximum Gasteiger partial charge on any atom is 0.293 e. The van der Waals surface area contributed by atoms with Gasteiger partial charge in [-0.15, -0.1) is 0 Å². The smallest absolute Gasteiger partial charge is 0.267 e. The third-order valence-corrected chi connectivity index (χ3v) is 4.63. The first-order valence-corrected chi connectivity index (χ1v) is 7.72. The fraction of sp³-hybridized carbons (Fsp3) is 0.308. The van der Waals surface area contributed by atoms with Crippen molar-refractivity contribution in [3.8, 4) is 0 Å². The van der Waals surface area contributed by atoms with E-state index < -0.39 is 10.1 Å². The highest BCUT2D eigenvalue weighted by molar-refractivity contribution is 7.90. The van der Waals surface area contributed by atoms with Gasteiger partial charge in [0.25, 0.3) is 10.1 Å². The Labute approximate surface area is 117 Å². The number of nitrogens with zero attached hydrogens (tertiary/aromatic N) is 1. The van der Waals surface area contributed by atoms with Gasteiger partial charge in [-0.2, -0.15) is 8.42 Å². The molecule has 102 valence electrons. The minimum absolute atomic E-state index is 0.118. The Kier molecular flexibility index (Phi) is 4.39. The van der Waals surface area contributed by atoms with Gasteiger partial charge in [0.1, 0.15) is 0 Å². The quantitative estimate of drug-likeness (QED) is 0.802. The Balaban J connectivity index is 2.58. The summed E-state index contributed by atoms with van der Waals surface area (Å²) in [4.78, 5) is 4.21. The molecule has 0 aliphatic heterocycles. The van der Waals surface area contributed by atoms with Crippen LogP contribution in [0.1, 0.15) is 25.3 Å². The van der Waals surface area contributed by atoms with Crippen molar-refractivity contribution in [1.82, 2.24) is 4.98 Å². The van der Waals surface area contributed by atoms with E-state index in [0.717, 1.165) is 5.56 Å². The third kappa shape index (κ3) is 3.23. The lowest BCUT2D eigenvalue weighted by Crippen LogP contribution is -2.12. The van der Waals surface area contributed by atoms with Crippen molar-refractivity contribution in [2.75, 3.05) is 6.61 Å². The van der Waals surface area contributed by atoms with E-state index >= 15 is 0 Å². The van der Waals surface area contributed by atoms with Crippen LogP contribution < -0.4 is 0 Å². The second-order valence-corrected chi connectivity index (χ2v) is 6.15. The van der Waals surface area contributed by atoms with Crippen molar-refractivity contribution < 1.29 is 12.6 Å². The average molecular weight is 300 g/mol. The van der Waals surface area contributed by atoms with Crippen molar-refractivity contribution in [3.63, 3.8) is 0 Å². The molecule has 1 aliphatic carbocycles. The highest BCUT2D eigenvalue weighted by atomic mass is 35.5. The van der Waals surface area contributed by atoms with E-state index in [2.05, 4.69) is 4.98 Å². The number of hydrogen-bond acceptors (Lipinski definition) is 4. The van der Waals surface area contributed by atoms with E-state index in [1.807, 2.05) is 0 Å². The molecule has 4 nitrogen and oxygen atoms in total. The van der Waals surface area contributed by atoms with Gasteiger partial charge < -0.3 is 0 Å². The molecule has 19 heavy (non-hydrogen) atoms. The number of hydrogen-bond donors (Lipinski definition) is 0. The Morgan fingerprint density at radius 1 is 1.32 bits per heavy atom. The molecule has 1 heterocycles. The monoisotopic (exact) mass is 299 g/mol. The van der Waals surface area contributed by atoms with Gasteiger partial charge in [0.2, 0.25) is 0 Å². The minimum atomic E-state index is -3.70. The van der Waals surface area contributed by atoms with Crippen molar-refractivity contribution in [2.24, 2.45) is 0 Å². The summed E-state index contributed by atoms with van der Waals surface area (Å²) in [6.45, 7) is 1.77. The lowest BCUT2D eigenvalue weighted by Gasteiger charge is -2.17. The largest absolute Gasteiger partial charge is 0.293 e. The average Bonchev–Trinajstić information content (AvgIpc) is 2.39. The van der Waals surface area contributed by atoms with Crippen LogP contribution in [0.15, 0.2) is 40.5 Å². The minimum Gasteiger partial charge on any atom is -0.267 e. The first-order chi connectivity index (χ1) is 9.04. The van der Waals surface area contributed by atoms with E-state index in [4.69, 9.17) is 15.8 Å². The maximum atomic E-state index is 12.1. The molecule has 2 rings (SSSR count). The fourth-order valence-electron chi connectivity index (χ4n) is 1.94. The molecule has 0 unspecified atom stereocenters. The first-order valence-electron chi connectivity index (χ1n) is 5.93. The predicted octanol–water partition coefficient (Wildman–Crippen LogP) is 3.08. The summed E-state index contributed by atoms with van der Waals surface area (Å²) in [5.41, 5.74) is 1.36. The van der Waals surface area contributed by atoms with Crippen molar-refractivity contribution in [3.05, 3.63) is 46.1 Å². The lowest BCUT2D eigenvalue weighted by atomic mass is 10.0. The van der Waals surface area contributed by atoms with E-state index in [1.54, 1.807) is 37.5 Å². The molecule has 0 saturated heterocycles. The molecule has 0 atom stereocenters. The third-order valence-electron chi connectivity index (χ3n) is 2.76. The second-order valence-electron chi connectivity index (χ2n) is 4.02. The van der Waals surface area contributed by atoms with Crippen LogP contribution >= 0.6 is 11.6 Å². The maximum absolute atomic E-state index is 12.1. The van der Waals surface area contributed by atoms with Gasteiger partial charge in [0.15, 0.2) is 0 Å². The van der Waals surface area contributed by atoms with Crippen molar-refractivity contribution in [2.45, 2.75) is 19.8 Å². The lowest BCUT2D eigenvalue weighted by molar-refractivity contribution is 0.342. The van der Waals surface area contributed by atoms with Gasteiger partial charge in [-0.25, -0.2) is 0 Å². The molecule has 0 amide bonds. The number of allylic oxidation sites excluding steroid dienone is 4. The van der Waals surface area contributed by atoms with E-state index in [9.17, 15) is 8.42 Å². The van der Waals surface area contributed by atoms with E-state index in [1.165, 1.54) is 0 Å². The van der Waals surface area contributed by atoms with E-state index in [0.29, 0.717) is 23.4 Å². The number of rotatable bonds is 4. The summed E-state index contributed by atoms with van der Waals surface area (Å²) in [5, 5.41) is 0.641. The fourth-order valence-corrected chi connectivity index (χ4v) is 3.39. The number of aromatic nitrogens is 1. The Morgan fingerprint density at radius 2 is 2.00 bits per heavy atom. The molecule has 0 saturated carbocycles. The SMILES string of the molecule is CCOS(=O)(=O)C1=C(c2ccncc2)C=C(Cl)CC1. The molecule has 1 aromatic heterocycles. The standard InChI is InChI=1S/C13H14ClNO3S/c1-2-18-19(16,17)13-4-3-11(14)9-12(13)10-5-7-15-8-6-10/h5-9H,2-4H2,1H3. The summed E-state index contributed by atoms with van der Waals surface area (Å²) in [6, 6.07) is 3.51. The first kappa shape index (κ1) is 14.2. The zero-order chi connectivity index (χ0) is 13.9. The van der Waals surface area contributed by atoms with E-state index in [-0.39, 0.29) is 11.5 Å². The van der Waals surface area contributed by atoms with Gasteiger partial charge >= 0.3 is 0 Å². The normalized spacial score (nSPS) is 16.4. The highest BCUT2D eigenvalue weighted by Crippen LogP contribution is 2.35. The number of pyridine rings is 1. The zero-order valence-electron chi connectivity index (χ0n) is 10.5. The molecular weight excluding hydrogens is 286 g/mol. The summed E-state index contributed by atoms with van der Waals surface area (Å²) in [5.74, 6) is 0. The van der Waals surface area contributed by atoms with Gasteiger partial charge in [0.05, 0.1) is 11.5 Å². The topological polar surface area (TPSA) is 56.3 Å². The van der Waals surface area contributed by atoms with Gasteiger partial charge in [-0.05, 0) is 49.1 Å². The number of halogens is 1. The predicted molar refractivity (Wildman–Crippen MR) is 74.9 cm³/mol. The molecule has 6 heteroatoms. The Morgan fingerprint density at radius 3 is 2.63 bits per heavy atom. The summed E-state index contributed by atoms with van der Waals surface area (Å²) in [7, 11) is -3.70. The summed E-state index contributed by atoms with van der Waals surface area (Å²) in [6.07, 6.45) is 5.78. The van der Waals surface area contributed by atoms with Crippen LogP contribution in [0, 0.1) is 0 Å². The Hall–Kier alpha value is -1.17. The van der Waals surface area contributed by atoms with Crippen LogP contribution in [-0.4, -0.2) is 20.0 Å². The molecule has 0 N–H and O–H groups in total. The summed E-state index contributed by atoms with van der Waals surface area (Å²) >= 11 is 6.03. The molecular formula is C13H14ClNO3S. The van der Waals surface area contributed by atoms with Crippen LogP contribution in [0.3, 0.4) is 0 Å². The molecule has 0 fully saturated rings. The van der Waals surface area contributed by atoms with Crippen molar-refractivity contribution in [1.29, 1.82) is 0 Å². The van der Waals surface area contributed by atoms with Crippen molar-refractivity contribution >= 4 is 27.3 Å². The van der Waals surface area contributed by atoms with Crippen LogP contribution in [0.2, 0.25) is 0 Å². The summed E-state index contributed by atoms with van der Waals surface area (Å²) < 4.78 is 29.1. The highest BCUT2D eigenvalue weighted by Gasteiger charge is 2.25. The molecule has 1 aliphatic rings. The second kappa shape index (κ2) is 5.86. The molecule has 0 bridgehead atoms. The van der Waals surface area contributed by atoms with Crippen LogP contribution in [0.25, 0.3) is 5.57 Å². The van der Waals surface area contributed by atoms with Crippen LogP contribution in [0.5, 0.6) is 0 Å². The molecule has 0 aromatic carbocycles. The molecule has 0 spiro atoms. The van der Waals surface area contributed by atoms with Gasteiger partial charge in [-0.3, -0.25) is 9.17 Å².